The van der Waals surface area contributed by atoms with E-state index in [1.54, 1.807) is 0 Å². The van der Waals surface area contributed by atoms with Gasteiger partial charge >= 0.3 is 0 Å². The third-order valence-corrected chi connectivity index (χ3v) is 3.35. The van der Waals surface area contributed by atoms with Gasteiger partial charge < -0.3 is 9.64 Å². The Kier molecular flexibility index (Phi) is 6.28. The lowest BCUT2D eigenvalue weighted by Crippen LogP contribution is -2.29. The molecule has 1 aromatic rings. The molecular weight excluding hydrogens is 257 g/mol. The first-order valence-corrected chi connectivity index (χ1v) is 6.65. The van der Waals surface area contributed by atoms with E-state index in [0.29, 0.717) is 6.61 Å². The summed E-state index contributed by atoms with van der Waals surface area (Å²) in [6.45, 7) is 7.60. The second kappa shape index (κ2) is 7.22. The van der Waals surface area contributed by atoms with Gasteiger partial charge in [-0.05, 0) is 13.1 Å². The van der Waals surface area contributed by atoms with Crippen LogP contribution in [0.4, 0.5) is 0 Å². The first kappa shape index (κ1) is 14.8. The lowest BCUT2D eigenvalue weighted by Gasteiger charge is -2.23. The summed E-state index contributed by atoms with van der Waals surface area (Å²) in [6, 6.07) is 9.42. The molecule has 0 fully saturated rings. The summed E-state index contributed by atoms with van der Waals surface area (Å²) in [5.41, 5.74) is 0.767. The third kappa shape index (κ3) is 4.84. The molecule has 0 aliphatic heterocycles. The number of nitrogens with zero attached hydrogens (tertiary/aromatic N) is 1. The van der Waals surface area contributed by atoms with Gasteiger partial charge in [-0.3, -0.25) is 0 Å². The fourth-order valence-corrected chi connectivity index (χ4v) is 1.96. The normalized spacial score (nSPS) is 12.1. The predicted molar refractivity (Wildman–Crippen MR) is 73.6 cm³/mol. The molecule has 0 saturated carbocycles. The Morgan fingerprint density at radius 1 is 1.12 bits per heavy atom. The van der Waals surface area contributed by atoms with Gasteiger partial charge in [-0.15, -0.1) is 0 Å². The van der Waals surface area contributed by atoms with Crippen molar-refractivity contribution in [1.82, 2.24) is 4.90 Å². The molecule has 0 saturated heterocycles. The summed E-state index contributed by atoms with van der Waals surface area (Å²) in [4.78, 5) is 2.26. The molecule has 0 spiro atoms. The summed E-state index contributed by atoms with van der Waals surface area (Å²) < 4.78 is 4.28. The summed E-state index contributed by atoms with van der Waals surface area (Å²) in [5.74, 6) is 0. The van der Waals surface area contributed by atoms with Crippen molar-refractivity contribution in [1.29, 1.82) is 0 Å². The van der Waals surface area contributed by atoms with Crippen LogP contribution in [0.25, 0.3) is 0 Å². The number of ether oxygens (including phenoxy) is 1. The minimum Gasteiger partial charge on any atom is -0.342 e. The second-order valence-corrected chi connectivity index (χ2v) is 5.02. The average molecular weight is 276 g/mol. The highest BCUT2D eigenvalue weighted by molar-refractivity contribution is 6.46. The van der Waals surface area contributed by atoms with Gasteiger partial charge in [-0.2, -0.15) is 0 Å². The van der Waals surface area contributed by atoms with Crippen LogP contribution in [0.15, 0.2) is 30.3 Å². The maximum absolute atomic E-state index is 6.16. The van der Waals surface area contributed by atoms with Crippen molar-refractivity contribution < 1.29 is 4.74 Å². The van der Waals surface area contributed by atoms with Crippen LogP contribution < -0.4 is 0 Å². The Bertz CT molecular complexity index is 312. The van der Waals surface area contributed by atoms with Crippen LogP contribution in [-0.2, 0) is 9.26 Å². The van der Waals surface area contributed by atoms with Gasteiger partial charge in [0, 0.05) is 12.1 Å². The van der Waals surface area contributed by atoms with Crippen LogP contribution >= 0.6 is 23.2 Å². The zero-order valence-corrected chi connectivity index (χ0v) is 11.8. The van der Waals surface area contributed by atoms with Crippen molar-refractivity contribution in [3.8, 4) is 0 Å². The molecule has 17 heavy (non-hydrogen) atoms. The Balaban J connectivity index is 2.45. The van der Waals surface area contributed by atoms with Gasteiger partial charge in [-0.1, -0.05) is 67.4 Å². The van der Waals surface area contributed by atoms with E-state index in [1.807, 2.05) is 30.3 Å². The van der Waals surface area contributed by atoms with E-state index in [4.69, 9.17) is 27.9 Å². The van der Waals surface area contributed by atoms with E-state index < -0.39 is 4.52 Å². The zero-order chi connectivity index (χ0) is 12.7. The molecule has 96 valence electrons. The van der Waals surface area contributed by atoms with Crippen LogP contribution in [0.1, 0.15) is 19.4 Å². The smallest absolute Gasteiger partial charge is 0.244 e. The number of rotatable bonds is 7. The summed E-state index contributed by atoms with van der Waals surface area (Å²) in [7, 11) is 0. The average Bonchev–Trinajstić information content (AvgIpc) is 2.36. The zero-order valence-electron chi connectivity index (χ0n) is 10.3. The predicted octanol–water partition coefficient (Wildman–Crippen LogP) is 3.63. The Hall–Kier alpha value is -0.280. The minimum atomic E-state index is -1.26. The van der Waals surface area contributed by atoms with Crippen LogP contribution in [0.2, 0.25) is 0 Å². The SMILES string of the molecule is CCN(CC)CCOC(Cl)(Cl)c1ccccc1. The number of alkyl halides is 2. The van der Waals surface area contributed by atoms with Crippen molar-refractivity contribution in [2.24, 2.45) is 0 Å². The molecule has 0 bridgehead atoms. The number of likely N-dealkylation sites (N-methyl/N-ethyl adjacent to an activating group) is 1. The van der Waals surface area contributed by atoms with E-state index in [0.717, 1.165) is 25.2 Å². The summed E-state index contributed by atoms with van der Waals surface area (Å²) >= 11 is 12.3. The van der Waals surface area contributed by atoms with E-state index >= 15 is 0 Å². The van der Waals surface area contributed by atoms with Crippen molar-refractivity contribution in [2.75, 3.05) is 26.2 Å². The Labute approximate surface area is 113 Å². The molecule has 1 rings (SSSR count). The van der Waals surface area contributed by atoms with Gasteiger partial charge in [-0.25, -0.2) is 0 Å². The van der Waals surface area contributed by atoms with Crippen molar-refractivity contribution in [2.45, 2.75) is 18.4 Å². The first-order valence-electron chi connectivity index (χ1n) is 5.89. The van der Waals surface area contributed by atoms with Gasteiger partial charge in [0.25, 0.3) is 0 Å². The molecule has 0 atom stereocenters. The minimum absolute atomic E-state index is 0.517. The standard InChI is InChI=1S/C13H19Cl2NO/c1-3-16(4-2)10-11-17-13(14,15)12-8-6-5-7-9-12/h5-9H,3-4,10-11H2,1-2H3. The van der Waals surface area contributed by atoms with E-state index in [1.165, 1.54) is 0 Å². The quantitative estimate of drug-likeness (QED) is 0.705. The first-order chi connectivity index (χ1) is 8.10. The van der Waals surface area contributed by atoms with Crippen molar-refractivity contribution in [3.63, 3.8) is 0 Å². The summed E-state index contributed by atoms with van der Waals surface area (Å²) in [6.07, 6.45) is 0. The maximum atomic E-state index is 6.16. The van der Waals surface area contributed by atoms with Crippen LogP contribution in [0.3, 0.4) is 0 Å². The number of hydrogen-bond acceptors (Lipinski definition) is 2. The van der Waals surface area contributed by atoms with E-state index in [2.05, 4.69) is 18.7 Å². The Morgan fingerprint density at radius 3 is 2.24 bits per heavy atom. The molecule has 0 aliphatic rings. The molecule has 0 amide bonds. The molecular formula is C13H19Cl2NO. The molecule has 0 radical (unpaired) electrons. The largest absolute Gasteiger partial charge is 0.342 e. The summed E-state index contributed by atoms with van der Waals surface area (Å²) in [5, 5.41) is 0. The molecule has 2 nitrogen and oxygen atoms in total. The maximum Gasteiger partial charge on any atom is 0.244 e. The molecule has 0 aliphatic carbocycles. The molecule has 0 aromatic heterocycles. The molecule has 0 unspecified atom stereocenters. The van der Waals surface area contributed by atoms with Crippen LogP contribution in [0.5, 0.6) is 0 Å². The van der Waals surface area contributed by atoms with Crippen LogP contribution in [0, 0.1) is 0 Å². The number of hydrogen-bond donors (Lipinski definition) is 0. The highest BCUT2D eigenvalue weighted by atomic mass is 35.5. The topological polar surface area (TPSA) is 12.5 Å². The van der Waals surface area contributed by atoms with Gasteiger partial charge in [0.2, 0.25) is 4.52 Å². The number of benzene rings is 1. The van der Waals surface area contributed by atoms with Crippen LogP contribution in [-0.4, -0.2) is 31.1 Å². The monoisotopic (exact) mass is 275 g/mol. The van der Waals surface area contributed by atoms with E-state index in [9.17, 15) is 0 Å². The Morgan fingerprint density at radius 2 is 1.71 bits per heavy atom. The highest BCUT2D eigenvalue weighted by Gasteiger charge is 2.27. The fraction of sp³-hybridized carbons (Fsp3) is 0.538. The van der Waals surface area contributed by atoms with Gasteiger partial charge in [0.15, 0.2) is 0 Å². The second-order valence-electron chi connectivity index (χ2n) is 3.76. The lowest BCUT2D eigenvalue weighted by molar-refractivity contribution is 0.0588. The van der Waals surface area contributed by atoms with Crippen molar-refractivity contribution in [3.05, 3.63) is 35.9 Å². The molecule has 0 N–H and O–H groups in total. The lowest BCUT2D eigenvalue weighted by atomic mass is 10.2. The van der Waals surface area contributed by atoms with E-state index in [-0.39, 0.29) is 0 Å². The molecule has 0 heterocycles. The third-order valence-electron chi connectivity index (χ3n) is 2.70. The van der Waals surface area contributed by atoms with Gasteiger partial charge in [0.1, 0.15) is 0 Å². The molecule has 1 aromatic carbocycles. The van der Waals surface area contributed by atoms with Gasteiger partial charge in [0.05, 0.1) is 6.61 Å². The van der Waals surface area contributed by atoms with Crippen molar-refractivity contribution >= 4 is 23.2 Å². The number of halogens is 2. The fourth-order valence-electron chi connectivity index (χ4n) is 1.56. The highest BCUT2D eigenvalue weighted by Crippen LogP contribution is 2.34. The molecule has 4 heteroatoms.